The summed E-state index contributed by atoms with van der Waals surface area (Å²) in [7, 11) is 3.07. The van der Waals surface area contributed by atoms with Gasteiger partial charge in [0.15, 0.2) is 23.9 Å². The minimum absolute atomic E-state index is 0.0000739. The molecule has 1 unspecified atom stereocenters. The van der Waals surface area contributed by atoms with E-state index < -0.39 is 24.2 Å². The van der Waals surface area contributed by atoms with Crippen molar-refractivity contribution in [2.75, 3.05) is 33.9 Å². The van der Waals surface area contributed by atoms with Crippen molar-refractivity contribution in [3.63, 3.8) is 0 Å². The summed E-state index contributed by atoms with van der Waals surface area (Å²) in [6.07, 6.45) is 4.20. The second-order valence-electron chi connectivity index (χ2n) is 13.5. The number of ether oxygens (including phenoxy) is 5. The lowest BCUT2D eigenvalue weighted by Gasteiger charge is -2.43. The quantitative estimate of drug-likeness (QED) is 0.111. The van der Waals surface area contributed by atoms with E-state index in [2.05, 4.69) is 15.2 Å². The number of piperidine rings is 3. The largest absolute Gasteiger partial charge is 0.493 e. The Bertz CT molecular complexity index is 2070. The first-order valence-corrected chi connectivity index (χ1v) is 18.9. The predicted molar refractivity (Wildman–Crippen MR) is 205 cm³/mol. The van der Waals surface area contributed by atoms with Crippen LogP contribution in [0.25, 0.3) is 0 Å². The van der Waals surface area contributed by atoms with E-state index >= 15 is 0 Å². The number of alkyl carbamates (subject to hydrolysis) is 1. The van der Waals surface area contributed by atoms with Crippen LogP contribution in [0.2, 0.25) is 10.0 Å². The average Bonchev–Trinajstić information content (AvgIpc) is 3.70. The standard InChI is InChI=1S/C42H41Cl2N3O8/c1-50-35-14-10-29(20-38(35)51-2)37(21-32-33(43)22-45-23-34(32)44)54-41(48)36-15-13-31(53-36)25-52-30-11-8-28(9-12-30)40(27-6-4-3-5-7-27)46-42(49)55-39-24-47-18-16-26(39)17-19-47/h3-15,20,22-23,26,37,39-40H,16-19,21,24-25H2,1-2H3,(H,46,49)/p+1/t37-,39-,40?/m0/s1. The van der Waals surface area contributed by atoms with Crippen LogP contribution in [0.15, 0.2) is 102 Å². The van der Waals surface area contributed by atoms with Crippen molar-refractivity contribution in [2.45, 2.75) is 44.1 Å². The number of aromatic nitrogens is 1. The van der Waals surface area contributed by atoms with Crippen LogP contribution in [0, 0.1) is 5.92 Å². The Morgan fingerprint density at radius 2 is 1.56 bits per heavy atom. The maximum atomic E-state index is 13.5. The lowest BCUT2D eigenvalue weighted by molar-refractivity contribution is -0.377. The Morgan fingerprint density at radius 3 is 2.24 bits per heavy atom. The number of esters is 1. The van der Waals surface area contributed by atoms with Gasteiger partial charge in [0.1, 0.15) is 40.4 Å². The summed E-state index contributed by atoms with van der Waals surface area (Å²) in [5.74, 6) is 1.72. The zero-order valence-corrected chi connectivity index (χ0v) is 32.0. The molecule has 5 aromatic rings. The number of fused-ring (bicyclic) bond motifs is 3. The van der Waals surface area contributed by atoms with Crippen LogP contribution in [0.1, 0.15) is 63.6 Å². The lowest BCUT2D eigenvalue weighted by Crippen LogP contribution is -2.52. The first-order valence-electron chi connectivity index (χ1n) is 18.1. The summed E-state index contributed by atoms with van der Waals surface area (Å²) in [6, 6.07) is 25.3. The predicted octanol–water partition coefficient (Wildman–Crippen LogP) is 8.05. The van der Waals surface area contributed by atoms with E-state index in [-0.39, 0.29) is 24.9 Å². The van der Waals surface area contributed by atoms with Crippen molar-refractivity contribution in [2.24, 2.45) is 5.92 Å². The second-order valence-corrected chi connectivity index (χ2v) is 14.4. The number of carbonyl (C=O) groups is 2. The number of nitrogens with one attached hydrogen (secondary N) is 2. The molecule has 55 heavy (non-hydrogen) atoms. The molecule has 2 aromatic heterocycles. The Balaban J connectivity index is 1.00. The molecule has 3 saturated heterocycles. The molecule has 2 bridgehead atoms. The third-order valence-corrected chi connectivity index (χ3v) is 10.8. The number of rotatable bonds is 14. The second kappa shape index (κ2) is 17.5. The highest BCUT2D eigenvalue weighted by atomic mass is 35.5. The summed E-state index contributed by atoms with van der Waals surface area (Å²) in [5, 5.41) is 3.89. The Labute approximate surface area is 329 Å². The van der Waals surface area contributed by atoms with Gasteiger partial charge in [0.2, 0.25) is 5.76 Å². The summed E-state index contributed by atoms with van der Waals surface area (Å²) in [4.78, 5) is 31.9. The van der Waals surface area contributed by atoms with Crippen molar-refractivity contribution < 1.29 is 42.7 Å². The summed E-state index contributed by atoms with van der Waals surface area (Å²) < 4.78 is 34.7. The van der Waals surface area contributed by atoms with Crippen LogP contribution in [0.4, 0.5) is 4.79 Å². The van der Waals surface area contributed by atoms with E-state index in [9.17, 15) is 9.59 Å². The highest BCUT2D eigenvalue weighted by molar-refractivity contribution is 6.35. The lowest BCUT2D eigenvalue weighted by atomic mass is 9.86. The number of benzene rings is 3. The van der Waals surface area contributed by atoms with E-state index in [1.807, 2.05) is 54.6 Å². The van der Waals surface area contributed by atoms with Crippen molar-refractivity contribution in [3.05, 3.63) is 141 Å². The number of hydrogen-bond donors (Lipinski definition) is 1. The molecule has 8 rings (SSSR count). The normalized spacial score (nSPS) is 18.5. The van der Waals surface area contributed by atoms with Gasteiger partial charge >= 0.3 is 12.1 Å². The molecule has 13 heteroatoms. The number of hydrogen-bond acceptors (Lipinski definition) is 9. The van der Waals surface area contributed by atoms with E-state index in [4.69, 9.17) is 51.3 Å². The number of pyridine rings is 1. The van der Waals surface area contributed by atoms with Gasteiger partial charge in [-0.2, -0.15) is 0 Å². The molecule has 0 radical (unpaired) electrons. The molecule has 0 aliphatic carbocycles. The molecule has 3 atom stereocenters. The third kappa shape index (κ3) is 9.19. The fourth-order valence-electron chi connectivity index (χ4n) is 7.14. The van der Waals surface area contributed by atoms with Gasteiger partial charge in [-0.25, -0.2) is 14.6 Å². The fourth-order valence-corrected chi connectivity index (χ4v) is 7.67. The Kier molecular flexibility index (Phi) is 12.1. The molecule has 3 aliphatic heterocycles. The van der Waals surface area contributed by atoms with Crippen LogP contribution in [-0.4, -0.2) is 56.9 Å². The van der Waals surface area contributed by atoms with E-state index in [1.54, 1.807) is 43.8 Å². The third-order valence-electron chi connectivity index (χ3n) is 10.1. The fraction of sp³-hybridized carbons (Fsp3) is 0.310. The van der Waals surface area contributed by atoms with Crippen LogP contribution < -0.4 is 24.5 Å². The molecular weight excluding hydrogens is 745 g/mol. The molecule has 3 aromatic carbocycles. The zero-order valence-electron chi connectivity index (χ0n) is 30.5. The number of halogens is 2. The molecule has 0 spiro atoms. The smallest absolute Gasteiger partial charge is 0.408 e. The van der Waals surface area contributed by atoms with Gasteiger partial charge in [0, 0.05) is 18.5 Å². The number of carbonyl (C=O) groups excluding carboxylic acids is 2. The van der Waals surface area contributed by atoms with Gasteiger partial charge in [-0.3, -0.25) is 4.90 Å². The molecule has 3 aliphatic rings. The minimum Gasteiger partial charge on any atom is -0.493 e. The van der Waals surface area contributed by atoms with Gasteiger partial charge < -0.3 is 33.4 Å². The zero-order chi connectivity index (χ0) is 38.3. The van der Waals surface area contributed by atoms with Crippen LogP contribution in [-0.2, 0) is 22.5 Å². The van der Waals surface area contributed by atoms with Crippen molar-refractivity contribution in [1.82, 2.24) is 10.2 Å². The maximum absolute atomic E-state index is 13.5. The molecular formula is C42H42Cl2N3O8+. The van der Waals surface area contributed by atoms with Gasteiger partial charge in [0.05, 0.1) is 20.3 Å². The highest BCUT2D eigenvalue weighted by Crippen LogP contribution is 2.36. The van der Waals surface area contributed by atoms with E-state index in [0.29, 0.717) is 50.1 Å². The molecule has 5 heterocycles. The SMILES string of the molecule is COc1ccc([C@H](Cc2c(Cl)c[nH+]cc2Cl)OC(=O)c2ccc(COc3ccc(C(NC(=O)O[C@H]4CN5CCC4CC5)c4ccccc4)cc3)o2)cc1OC. The number of methoxy groups -OCH3 is 2. The van der Waals surface area contributed by atoms with Crippen molar-refractivity contribution in [3.8, 4) is 17.2 Å². The topological polar surface area (TPSA) is 123 Å². The first-order chi connectivity index (χ1) is 26.8. The number of aromatic amines is 1. The maximum Gasteiger partial charge on any atom is 0.408 e. The molecule has 11 nitrogen and oxygen atoms in total. The van der Waals surface area contributed by atoms with Gasteiger partial charge in [0.25, 0.3) is 0 Å². The first kappa shape index (κ1) is 38.1. The van der Waals surface area contributed by atoms with Crippen LogP contribution in [0.3, 0.4) is 0 Å². The van der Waals surface area contributed by atoms with Crippen LogP contribution in [0.5, 0.6) is 17.2 Å². The van der Waals surface area contributed by atoms with Crippen molar-refractivity contribution in [1.29, 1.82) is 0 Å². The molecule has 286 valence electrons. The highest BCUT2D eigenvalue weighted by Gasteiger charge is 2.37. The van der Waals surface area contributed by atoms with Crippen molar-refractivity contribution >= 4 is 35.3 Å². The van der Waals surface area contributed by atoms with E-state index in [1.165, 1.54) is 13.2 Å². The molecule has 2 N–H and O–H groups in total. The van der Waals surface area contributed by atoms with Gasteiger partial charge in [-0.1, -0.05) is 71.7 Å². The summed E-state index contributed by atoms with van der Waals surface area (Å²) >= 11 is 12.9. The molecule has 0 saturated carbocycles. The number of H-pyrrole nitrogens is 1. The Morgan fingerprint density at radius 1 is 0.873 bits per heavy atom. The van der Waals surface area contributed by atoms with Crippen LogP contribution >= 0.6 is 23.2 Å². The summed E-state index contributed by atoms with van der Waals surface area (Å²) in [6.45, 7) is 2.99. The molecule has 3 fully saturated rings. The number of nitrogens with zero attached hydrogens (tertiary/aromatic N) is 1. The minimum atomic E-state index is -0.801. The monoisotopic (exact) mass is 786 g/mol. The summed E-state index contributed by atoms with van der Waals surface area (Å²) in [5.41, 5.74) is 3.04. The molecule has 1 amide bonds. The average molecular weight is 788 g/mol. The number of amides is 1. The number of furan rings is 1. The van der Waals surface area contributed by atoms with Gasteiger partial charge in [-0.15, -0.1) is 0 Å². The van der Waals surface area contributed by atoms with E-state index in [0.717, 1.165) is 43.6 Å². The Hall–Kier alpha value is -5.23. The van der Waals surface area contributed by atoms with Gasteiger partial charge in [-0.05, 0) is 84.9 Å².